The molecule has 0 radical (unpaired) electrons. The van der Waals surface area contributed by atoms with Gasteiger partial charge in [-0.05, 0) is 58.0 Å². The van der Waals surface area contributed by atoms with Crippen LogP contribution in [0.15, 0.2) is 30.3 Å². The molecular formula is C17H25N3O. The van der Waals surface area contributed by atoms with Gasteiger partial charge in [0.1, 0.15) is 0 Å². The zero-order chi connectivity index (χ0) is 15.4. The van der Waals surface area contributed by atoms with Gasteiger partial charge in [0, 0.05) is 18.8 Å². The molecule has 0 spiro atoms. The van der Waals surface area contributed by atoms with E-state index in [9.17, 15) is 5.11 Å². The number of aryl methyl sites for hydroxylation is 2. The normalized spacial score (nSPS) is 12.9. The molecule has 0 aliphatic carbocycles. The molecule has 1 heterocycles. The van der Waals surface area contributed by atoms with E-state index in [1.165, 1.54) is 5.56 Å². The zero-order valence-electron chi connectivity index (χ0n) is 13.4. The number of hydrogen-bond acceptors (Lipinski definition) is 3. The number of rotatable bonds is 6. The zero-order valence-corrected chi connectivity index (χ0v) is 13.4. The standard InChI is InChI=1S/C17H25N3O/c1-13-11-14(2)20(18-13)17-7-5-16(6-8-17)12-19(4)10-9-15(3)21/h5-8,11,15,21H,9-10,12H2,1-4H3. The summed E-state index contributed by atoms with van der Waals surface area (Å²) in [4.78, 5) is 2.23. The molecule has 2 rings (SSSR count). The SMILES string of the molecule is Cc1cc(C)n(-c2ccc(CN(C)CCC(C)O)cc2)n1. The summed E-state index contributed by atoms with van der Waals surface area (Å²) in [6.45, 7) is 7.70. The molecule has 2 aromatic rings. The van der Waals surface area contributed by atoms with E-state index in [0.29, 0.717) is 0 Å². The van der Waals surface area contributed by atoms with Crippen molar-refractivity contribution in [2.24, 2.45) is 0 Å². The minimum absolute atomic E-state index is 0.235. The van der Waals surface area contributed by atoms with Crippen molar-refractivity contribution in [3.8, 4) is 5.69 Å². The Morgan fingerprint density at radius 2 is 1.90 bits per heavy atom. The number of aromatic nitrogens is 2. The highest BCUT2D eigenvalue weighted by atomic mass is 16.3. The van der Waals surface area contributed by atoms with E-state index in [0.717, 1.165) is 36.6 Å². The second kappa shape index (κ2) is 6.87. The van der Waals surface area contributed by atoms with Crippen molar-refractivity contribution < 1.29 is 5.11 Å². The first-order valence-corrected chi connectivity index (χ1v) is 7.45. The Bertz CT molecular complexity index is 572. The summed E-state index contributed by atoms with van der Waals surface area (Å²) in [5, 5.41) is 13.8. The van der Waals surface area contributed by atoms with E-state index in [2.05, 4.69) is 54.3 Å². The summed E-state index contributed by atoms with van der Waals surface area (Å²) in [6, 6.07) is 10.6. The maximum absolute atomic E-state index is 9.32. The quantitative estimate of drug-likeness (QED) is 0.888. The Morgan fingerprint density at radius 3 is 2.43 bits per heavy atom. The molecule has 1 aromatic heterocycles. The largest absolute Gasteiger partial charge is 0.393 e. The van der Waals surface area contributed by atoms with Crippen LogP contribution in [0.5, 0.6) is 0 Å². The average molecular weight is 287 g/mol. The van der Waals surface area contributed by atoms with E-state index in [1.54, 1.807) is 0 Å². The monoisotopic (exact) mass is 287 g/mol. The van der Waals surface area contributed by atoms with Crippen LogP contribution in [0.2, 0.25) is 0 Å². The predicted octanol–water partition coefficient (Wildman–Crippen LogP) is 2.69. The summed E-state index contributed by atoms with van der Waals surface area (Å²) < 4.78 is 1.97. The lowest BCUT2D eigenvalue weighted by molar-refractivity contribution is 0.163. The third-order valence-corrected chi connectivity index (χ3v) is 3.57. The molecule has 1 N–H and O–H groups in total. The lowest BCUT2D eigenvalue weighted by Crippen LogP contribution is -2.22. The van der Waals surface area contributed by atoms with Crippen molar-refractivity contribution in [3.05, 3.63) is 47.3 Å². The van der Waals surface area contributed by atoms with Gasteiger partial charge >= 0.3 is 0 Å². The maximum atomic E-state index is 9.32. The van der Waals surface area contributed by atoms with Crippen molar-refractivity contribution in [1.82, 2.24) is 14.7 Å². The molecule has 0 aliphatic heterocycles. The molecule has 21 heavy (non-hydrogen) atoms. The van der Waals surface area contributed by atoms with Crippen LogP contribution in [0.1, 0.15) is 30.3 Å². The van der Waals surface area contributed by atoms with E-state index in [1.807, 2.05) is 18.5 Å². The van der Waals surface area contributed by atoms with Crippen molar-refractivity contribution in [3.63, 3.8) is 0 Å². The smallest absolute Gasteiger partial charge is 0.0648 e. The highest BCUT2D eigenvalue weighted by molar-refractivity contribution is 5.35. The first-order chi connectivity index (χ1) is 9.95. The fraction of sp³-hybridized carbons (Fsp3) is 0.471. The minimum Gasteiger partial charge on any atom is -0.393 e. The van der Waals surface area contributed by atoms with Crippen LogP contribution in [-0.4, -0.2) is 39.5 Å². The van der Waals surface area contributed by atoms with Crippen molar-refractivity contribution >= 4 is 0 Å². The van der Waals surface area contributed by atoms with E-state index in [4.69, 9.17) is 0 Å². The fourth-order valence-electron chi connectivity index (χ4n) is 2.43. The number of aliphatic hydroxyl groups excluding tert-OH is 1. The lowest BCUT2D eigenvalue weighted by atomic mass is 10.2. The van der Waals surface area contributed by atoms with Crippen LogP contribution in [0.25, 0.3) is 5.69 Å². The van der Waals surface area contributed by atoms with E-state index < -0.39 is 0 Å². The van der Waals surface area contributed by atoms with Crippen LogP contribution in [0.3, 0.4) is 0 Å². The van der Waals surface area contributed by atoms with Crippen LogP contribution >= 0.6 is 0 Å². The molecule has 0 saturated carbocycles. The molecule has 0 fully saturated rings. The number of benzene rings is 1. The minimum atomic E-state index is -0.235. The molecule has 4 nitrogen and oxygen atoms in total. The first-order valence-electron chi connectivity index (χ1n) is 7.45. The van der Waals surface area contributed by atoms with Gasteiger partial charge in [0.2, 0.25) is 0 Å². The third-order valence-electron chi connectivity index (χ3n) is 3.57. The van der Waals surface area contributed by atoms with Crippen LogP contribution in [0.4, 0.5) is 0 Å². The average Bonchev–Trinajstić information content (AvgIpc) is 2.76. The molecule has 0 saturated heterocycles. The molecule has 1 unspecified atom stereocenters. The molecule has 1 aromatic carbocycles. The molecular weight excluding hydrogens is 262 g/mol. The van der Waals surface area contributed by atoms with Gasteiger partial charge in [-0.15, -0.1) is 0 Å². The van der Waals surface area contributed by atoms with Gasteiger partial charge in [0.15, 0.2) is 0 Å². The maximum Gasteiger partial charge on any atom is 0.0648 e. The summed E-state index contributed by atoms with van der Waals surface area (Å²) in [6.07, 6.45) is 0.571. The highest BCUT2D eigenvalue weighted by Gasteiger charge is 2.05. The Balaban J connectivity index is 2.00. The second-order valence-electron chi connectivity index (χ2n) is 5.88. The summed E-state index contributed by atoms with van der Waals surface area (Å²) in [7, 11) is 2.08. The summed E-state index contributed by atoms with van der Waals surface area (Å²) in [5.74, 6) is 0. The van der Waals surface area contributed by atoms with E-state index in [-0.39, 0.29) is 6.10 Å². The van der Waals surface area contributed by atoms with Gasteiger partial charge in [0.25, 0.3) is 0 Å². The van der Waals surface area contributed by atoms with E-state index >= 15 is 0 Å². The number of hydrogen-bond donors (Lipinski definition) is 1. The fourth-order valence-corrected chi connectivity index (χ4v) is 2.43. The molecule has 4 heteroatoms. The van der Waals surface area contributed by atoms with Crippen molar-refractivity contribution in [1.29, 1.82) is 0 Å². The van der Waals surface area contributed by atoms with Crippen molar-refractivity contribution in [2.75, 3.05) is 13.6 Å². The van der Waals surface area contributed by atoms with Gasteiger partial charge < -0.3 is 10.0 Å². The second-order valence-corrected chi connectivity index (χ2v) is 5.88. The lowest BCUT2D eigenvalue weighted by Gasteiger charge is -2.17. The summed E-state index contributed by atoms with van der Waals surface area (Å²) in [5.41, 5.74) is 4.55. The van der Waals surface area contributed by atoms with Gasteiger partial charge in [-0.25, -0.2) is 4.68 Å². The highest BCUT2D eigenvalue weighted by Crippen LogP contribution is 2.14. The predicted molar refractivity (Wildman–Crippen MR) is 85.7 cm³/mol. The van der Waals surface area contributed by atoms with Crippen molar-refractivity contribution in [2.45, 2.75) is 39.8 Å². The Morgan fingerprint density at radius 1 is 1.24 bits per heavy atom. The van der Waals surface area contributed by atoms with Gasteiger partial charge in [-0.3, -0.25) is 0 Å². The molecule has 0 aliphatic rings. The van der Waals surface area contributed by atoms with Crippen LogP contribution < -0.4 is 0 Å². The number of nitrogens with zero attached hydrogens (tertiary/aromatic N) is 3. The Hall–Kier alpha value is -1.65. The van der Waals surface area contributed by atoms with Gasteiger partial charge in [-0.1, -0.05) is 12.1 Å². The Kier molecular flexibility index (Phi) is 5.15. The Labute approximate surface area is 127 Å². The number of aliphatic hydroxyl groups is 1. The van der Waals surface area contributed by atoms with Gasteiger partial charge in [-0.2, -0.15) is 5.10 Å². The third kappa shape index (κ3) is 4.41. The summed E-state index contributed by atoms with van der Waals surface area (Å²) >= 11 is 0. The molecule has 114 valence electrons. The van der Waals surface area contributed by atoms with Crippen LogP contribution in [-0.2, 0) is 6.54 Å². The topological polar surface area (TPSA) is 41.3 Å². The first kappa shape index (κ1) is 15.7. The van der Waals surface area contributed by atoms with Gasteiger partial charge in [0.05, 0.1) is 17.5 Å². The molecule has 1 atom stereocenters. The molecule has 0 bridgehead atoms. The van der Waals surface area contributed by atoms with Crippen LogP contribution in [0, 0.1) is 13.8 Å². The molecule has 0 amide bonds.